The summed E-state index contributed by atoms with van der Waals surface area (Å²) in [6.45, 7) is 16.0. The molecule has 1 fully saturated rings. The van der Waals surface area contributed by atoms with Crippen molar-refractivity contribution in [2.24, 2.45) is 17.8 Å². The van der Waals surface area contributed by atoms with Crippen LogP contribution < -0.4 is 0 Å². The van der Waals surface area contributed by atoms with Crippen LogP contribution >= 0.6 is 0 Å². The van der Waals surface area contributed by atoms with E-state index in [2.05, 4.69) is 70.2 Å². The van der Waals surface area contributed by atoms with Gasteiger partial charge in [0.05, 0.1) is 19.6 Å². The van der Waals surface area contributed by atoms with Crippen LogP contribution in [0.5, 0.6) is 0 Å². The van der Waals surface area contributed by atoms with Gasteiger partial charge in [0, 0.05) is 38.0 Å². The molecule has 327 valence electrons. The zero-order chi connectivity index (χ0) is 40.7. The molecule has 0 N–H and O–H groups in total. The third-order valence-electron chi connectivity index (χ3n) is 11.0. The number of ether oxygens (including phenoxy) is 5. The van der Waals surface area contributed by atoms with Crippen molar-refractivity contribution in [2.75, 3.05) is 52.7 Å². The molecule has 8 heteroatoms. The Morgan fingerprint density at radius 2 is 1.29 bits per heavy atom. The Kier molecular flexibility index (Phi) is 35.9. The van der Waals surface area contributed by atoms with Gasteiger partial charge in [-0.25, -0.2) is 4.79 Å². The summed E-state index contributed by atoms with van der Waals surface area (Å²) in [7, 11) is 0. The lowest BCUT2D eigenvalue weighted by Gasteiger charge is -2.31. The molecule has 0 spiro atoms. The molecule has 1 aliphatic rings. The number of allylic oxidation sites excluding steroid dienone is 4. The van der Waals surface area contributed by atoms with Crippen LogP contribution in [0.3, 0.4) is 0 Å². The van der Waals surface area contributed by atoms with Crippen LogP contribution in [0.1, 0.15) is 189 Å². The Hall–Kier alpha value is -1.90. The van der Waals surface area contributed by atoms with Crippen LogP contribution in [0.2, 0.25) is 0 Å². The topological polar surface area (TPSA) is 83.5 Å². The van der Waals surface area contributed by atoms with Gasteiger partial charge >= 0.3 is 12.1 Å². The summed E-state index contributed by atoms with van der Waals surface area (Å²) in [5.41, 5.74) is 0. The highest BCUT2D eigenvalue weighted by molar-refractivity contribution is 5.69. The van der Waals surface area contributed by atoms with E-state index < -0.39 is 12.4 Å². The molecule has 1 rings (SSSR count). The molecule has 0 bridgehead atoms. The van der Waals surface area contributed by atoms with Gasteiger partial charge in [-0.05, 0) is 96.1 Å². The lowest BCUT2D eigenvalue weighted by atomic mass is 9.88. The molecule has 0 amide bonds. The molecule has 1 saturated heterocycles. The predicted molar refractivity (Wildman–Crippen MR) is 233 cm³/mol. The second-order valence-corrected chi connectivity index (χ2v) is 16.1. The molecule has 0 aromatic heterocycles. The summed E-state index contributed by atoms with van der Waals surface area (Å²) in [6.07, 6.45) is 35.8. The first-order chi connectivity index (χ1) is 27.4. The molecular formula is C48H88NO7. The minimum Gasteiger partial charge on any atom is -0.465 e. The average Bonchev–Trinajstić information content (AvgIpc) is 3.21. The minimum atomic E-state index is -0.614. The van der Waals surface area contributed by atoms with Crippen molar-refractivity contribution >= 4 is 12.1 Å². The zero-order valence-electron chi connectivity index (χ0n) is 37.1. The van der Waals surface area contributed by atoms with Gasteiger partial charge in [-0.1, -0.05) is 130 Å². The van der Waals surface area contributed by atoms with E-state index in [-0.39, 0.29) is 31.5 Å². The zero-order valence-corrected chi connectivity index (χ0v) is 37.1. The fraction of sp³-hybridized carbons (Fsp3) is 0.854. The highest BCUT2D eigenvalue weighted by Gasteiger charge is 2.22. The van der Waals surface area contributed by atoms with Gasteiger partial charge in [0.1, 0.15) is 6.61 Å². The van der Waals surface area contributed by atoms with Crippen LogP contribution in [-0.4, -0.2) is 76.0 Å². The Bertz CT molecular complexity index is 920. The molecule has 1 radical (unpaired) electrons. The van der Waals surface area contributed by atoms with Crippen molar-refractivity contribution < 1.29 is 33.3 Å². The van der Waals surface area contributed by atoms with Gasteiger partial charge in [0.25, 0.3) is 0 Å². The van der Waals surface area contributed by atoms with E-state index in [1.807, 2.05) is 0 Å². The monoisotopic (exact) mass is 791 g/mol. The number of esters is 1. The molecule has 0 aliphatic carbocycles. The summed E-state index contributed by atoms with van der Waals surface area (Å²) in [4.78, 5) is 28.2. The average molecular weight is 791 g/mol. The van der Waals surface area contributed by atoms with E-state index in [0.717, 1.165) is 103 Å². The van der Waals surface area contributed by atoms with Crippen LogP contribution in [0, 0.1) is 24.2 Å². The van der Waals surface area contributed by atoms with Crippen molar-refractivity contribution in [1.29, 1.82) is 0 Å². The lowest BCUT2D eigenvalue weighted by molar-refractivity contribution is -0.160. The van der Waals surface area contributed by atoms with Gasteiger partial charge in [-0.15, -0.1) is 0 Å². The van der Waals surface area contributed by atoms with E-state index in [9.17, 15) is 9.59 Å². The largest absolute Gasteiger partial charge is 0.508 e. The summed E-state index contributed by atoms with van der Waals surface area (Å²) in [5, 5.41) is 0. The van der Waals surface area contributed by atoms with Gasteiger partial charge < -0.3 is 28.6 Å². The van der Waals surface area contributed by atoms with Crippen LogP contribution in [0.25, 0.3) is 0 Å². The van der Waals surface area contributed by atoms with Crippen LogP contribution in [-0.2, 0) is 28.5 Å². The number of piperidine rings is 1. The first kappa shape index (κ1) is 52.1. The third-order valence-corrected chi connectivity index (χ3v) is 11.0. The number of nitrogens with zero attached hydrogens (tertiary/aromatic N) is 1. The number of carbonyl (C=O) groups is 2. The van der Waals surface area contributed by atoms with E-state index in [1.54, 1.807) is 0 Å². The van der Waals surface area contributed by atoms with Gasteiger partial charge in [0.15, 0.2) is 6.29 Å². The molecule has 3 atom stereocenters. The second-order valence-electron chi connectivity index (χ2n) is 16.1. The molecule has 1 aliphatic heterocycles. The maximum atomic E-state index is 13.1. The number of rotatable bonds is 38. The number of hydrogen-bond acceptors (Lipinski definition) is 8. The van der Waals surface area contributed by atoms with E-state index in [1.165, 1.54) is 57.8 Å². The van der Waals surface area contributed by atoms with Crippen LogP contribution in [0.15, 0.2) is 24.3 Å². The first-order valence-corrected chi connectivity index (χ1v) is 23.4. The van der Waals surface area contributed by atoms with Crippen molar-refractivity contribution in [2.45, 2.75) is 195 Å². The Labute approximate surface area is 345 Å². The van der Waals surface area contributed by atoms with Crippen molar-refractivity contribution in [3.05, 3.63) is 30.7 Å². The molecule has 0 saturated carbocycles. The minimum absolute atomic E-state index is 0.0704. The number of carbonyl (C=O) groups excluding carboxylic acids is 2. The fourth-order valence-electron chi connectivity index (χ4n) is 7.43. The lowest BCUT2D eigenvalue weighted by Crippen LogP contribution is -2.37. The summed E-state index contributed by atoms with van der Waals surface area (Å²) >= 11 is 0. The molecular weight excluding hydrogens is 703 g/mol. The Morgan fingerprint density at radius 3 is 1.93 bits per heavy atom. The van der Waals surface area contributed by atoms with Gasteiger partial charge in [-0.2, -0.15) is 0 Å². The smallest absolute Gasteiger partial charge is 0.465 e. The molecule has 56 heavy (non-hydrogen) atoms. The molecule has 0 aromatic rings. The van der Waals surface area contributed by atoms with Crippen molar-refractivity contribution in [1.82, 2.24) is 4.90 Å². The molecule has 0 aromatic carbocycles. The maximum absolute atomic E-state index is 13.1. The molecule has 8 nitrogen and oxygen atoms in total. The van der Waals surface area contributed by atoms with E-state index in [0.29, 0.717) is 38.1 Å². The maximum Gasteiger partial charge on any atom is 0.508 e. The van der Waals surface area contributed by atoms with Crippen LogP contribution in [0.4, 0.5) is 4.79 Å². The highest BCUT2D eigenvalue weighted by atomic mass is 16.7. The Balaban J connectivity index is 2.74. The van der Waals surface area contributed by atoms with Crippen molar-refractivity contribution in [3.63, 3.8) is 0 Å². The summed E-state index contributed by atoms with van der Waals surface area (Å²) < 4.78 is 29.4. The summed E-state index contributed by atoms with van der Waals surface area (Å²) in [5.74, 6) is 0.733. The molecule has 1 heterocycles. The molecule has 3 unspecified atom stereocenters. The SMILES string of the molecule is C[CH]CCCCC(CCCCCC)CCCC(COC(=O)CCC(OCCCC/C=C\CC)OCCCC/C=C\CC)COC(=O)OCC1CCCN(CC)C1. The quantitative estimate of drug-likeness (QED) is 0.0265. The van der Waals surface area contributed by atoms with Gasteiger partial charge in [-0.3, -0.25) is 4.79 Å². The number of likely N-dealkylation sites (tertiary alicyclic amines) is 1. The van der Waals surface area contributed by atoms with E-state index in [4.69, 9.17) is 23.7 Å². The Morgan fingerprint density at radius 1 is 0.661 bits per heavy atom. The number of hydrogen-bond donors (Lipinski definition) is 0. The normalized spacial score (nSPS) is 15.7. The van der Waals surface area contributed by atoms with Gasteiger partial charge in [0.2, 0.25) is 0 Å². The highest BCUT2D eigenvalue weighted by Crippen LogP contribution is 2.25. The third kappa shape index (κ3) is 31.1. The van der Waals surface area contributed by atoms with Crippen molar-refractivity contribution in [3.8, 4) is 0 Å². The fourth-order valence-corrected chi connectivity index (χ4v) is 7.43. The number of unbranched alkanes of at least 4 members (excludes halogenated alkanes) is 10. The second kappa shape index (κ2) is 38.6. The standard InChI is InChI=1S/C48H88NO7/c1-6-11-15-19-21-25-37-52-47(53-38-26-22-20-16-12-7-2)35-34-46(50)54-41-45(42-56-48(51)55-40-44-33-28-36-49(10-5)39-44)32-27-31-43(29-23-17-13-8-3)30-24-18-14-9-4/h8,11-12,15-16,43-45,47H,6-7,9-10,13-14,17-42H2,1-5H3/b15-11-,16-12-. The predicted octanol–water partition coefficient (Wildman–Crippen LogP) is 13.0. The van der Waals surface area contributed by atoms with E-state index >= 15 is 0 Å². The first-order valence-electron chi connectivity index (χ1n) is 23.4. The summed E-state index contributed by atoms with van der Waals surface area (Å²) in [6, 6.07) is 0.